The van der Waals surface area contributed by atoms with Crippen LogP contribution in [-0.4, -0.2) is 10.1 Å². The van der Waals surface area contributed by atoms with Crippen LogP contribution in [0, 0.1) is 5.82 Å². The molecule has 18 heavy (non-hydrogen) atoms. The van der Waals surface area contributed by atoms with Crippen molar-refractivity contribution in [3.05, 3.63) is 48.1 Å². The van der Waals surface area contributed by atoms with Crippen LogP contribution in [0.1, 0.15) is 5.89 Å². The molecular weight excluding hydrogens is 233 g/mol. The van der Waals surface area contributed by atoms with E-state index in [1.54, 1.807) is 18.2 Å². The zero-order chi connectivity index (χ0) is 12.5. The molecule has 3 aromatic rings. The van der Waals surface area contributed by atoms with Gasteiger partial charge in [0.15, 0.2) is 0 Å². The van der Waals surface area contributed by atoms with E-state index in [9.17, 15) is 4.39 Å². The van der Waals surface area contributed by atoms with E-state index in [1.165, 1.54) is 6.07 Å². The zero-order valence-corrected chi connectivity index (χ0v) is 9.43. The van der Waals surface area contributed by atoms with Crippen LogP contribution in [0.3, 0.4) is 0 Å². The number of nitrogens with two attached hydrogens (primary N) is 1. The highest BCUT2D eigenvalue weighted by molar-refractivity contribution is 5.95. The van der Waals surface area contributed by atoms with Crippen LogP contribution in [0.4, 0.5) is 4.39 Å². The molecule has 2 aromatic carbocycles. The fraction of sp³-hybridized carbons (Fsp3) is 0.0769. The number of hydrogen-bond acceptors (Lipinski definition) is 4. The Bertz CT molecular complexity index is 708. The van der Waals surface area contributed by atoms with Crippen LogP contribution in [-0.2, 0) is 6.54 Å². The molecule has 0 bridgehead atoms. The third kappa shape index (κ3) is 1.65. The molecule has 0 saturated carbocycles. The van der Waals surface area contributed by atoms with Gasteiger partial charge in [-0.3, -0.25) is 0 Å². The Morgan fingerprint density at radius 1 is 1.11 bits per heavy atom. The van der Waals surface area contributed by atoms with E-state index in [1.807, 2.05) is 12.1 Å². The fourth-order valence-corrected chi connectivity index (χ4v) is 1.90. The highest BCUT2D eigenvalue weighted by Gasteiger charge is 2.12. The Morgan fingerprint density at radius 3 is 2.61 bits per heavy atom. The van der Waals surface area contributed by atoms with Crippen molar-refractivity contribution in [3.8, 4) is 11.4 Å². The van der Waals surface area contributed by atoms with Crippen molar-refractivity contribution >= 4 is 10.8 Å². The number of hydrogen-bond donors (Lipinski definition) is 1. The first-order valence-corrected chi connectivity index (χ1v) is 5.50. The summed E-state index contributed by atoms with van der Waals surface area (Å²) in [4.78, 5) is 4.15. The highest BCUT2D eigenvalue weighted by atomic mass is 19.1. The number of nitrogens with zero attached hydrogens (tertiary/aromatic N) is 2. The first-order chi connectivity index (χ1) is 8.79. The second-order valence-electron chi connectivity index (χ2n) is 3.86. The minimum Gasteiger partial charge on any atom is -0.338 e. The van der Waals surface area contributed by atoms with Crippen molar-refractivity contribution in [3.63, 3.8) is 0 Å². The maximum Gasteiger partial charge on any atom is 0.240 e. The summed E-state index contributed by atoms with van der Waals surface area (Å²) in [7, 11) is 0. The quantitative estimate of drug-likeness (QED) is 0.751. The van der Waals surface area contributed by atoms with Crippen LogP contribution in [0.2, 0.25) is 0 Å². The van der Waals surface area contributed by atoms with Crippen molar-refractivity contribution in [1.29, 1.82) is 0 Å². The zero-order valence-electron chi connectivity index (χ0n) is 9.43. The summed E-state index contributed by atoms with van der Waals surface area (Å²) < 4.78 is 18.6. The van der Waals surface area contributed by atoms with Gasteiger partial charge in [-0.2, -0.15) is 4.98 Å². The van der Waals surface area contributed by atoms with Gasteiger partial charge in [0.2, 0.25) is 11.7 Å². The first kappa shape index (κ1) is 10.9. The van der Waals surface area contributed by atoms with Crippen molar-refractivity contribution in [1.82, 2.24) is 10.1 Å². The van der Waals surface area contributed by atoms with E-state index in [-0.39, 0.29) is 12.4 Å². The molecule has 0 saturated heterocycles. The molecule has 1 heterocycles. The average molecular weight is 243 g/mol. The van der Waals surface area contributed by atoms with Gasteiger partial charge in [-0.05, 0) is 17.5 Å². The molecular formula is C13H10FN3O. The van der Waals surface area contributed by atoms with Gasteiger partial charge in [0.25, 0.3) is 0 Å². The summed E-state index contributed by atoms with van der Waals surface area (Å²) in [6, 6.07) is 10.2. The molecule has 0 atom stereocenters. The SMILES string of the molecule is NCc1nc(-c2ccc(F)c3ccccc23)no1. The van der Waals surface area contributed by atoms with Gasteiger partial charge in [0.1, 0.15) is 5.82 Å². The predicted octanol–water partition coefficient (Wildman–Crippen LogP) is 2.49. The first-order valence-electron chi connectivity index (χ1n) is 5.50. The van der Waals surface area contributed by atoms with E-state index in [0.29, 0.717) is 17.1 Å². The molecule has 90 valence electrons. The average Bonchev–Trinajstić information content (AvgIpc) is 2.88. The van der Waals surface area contributed by atoms with Crippen LogP contribution in [0.5, 0.6) is 0 Å². The van der Waals surface area contributed by atoms with E-state index >= 15 is 0 Å². The Labute approximate surface area is 102 Å². The number of benzene rings is 2. The Hall–Kier alpha value is -2.27. The van der Waals surface area contributed by atoms with Gasteiger partial charge in [-0.1, -0.05) is 29.4 Å². The Morgan fingerprint density at radius 2 is 1.89 bits per heavy atom. The van der Waals surface area contributed by atoms with Crippen LogP contribution < -0.4 is 5.73 Å². The summed E-state index contributed by atoms with van der Waals surface area (Å²) >= 11 is 0. The summed E-state index contributed by atoms with van der Waals surface area (Å²) in [6.07, 6.45) is 0. The fourth-order valence-electron chi connectivity index (χ4n) is 1.90. The van der Waals surface area contributed by atoms with E-state index < -0.39 is 0 Å². The van der Waals surface area contributed by atoms with Crippen LogP contribution in [0.25, 0.3) is 22.2 Å². The van der Waals surface area contributed by atoms with Crippen molar-refractivity contribution in [2.75, 3.05) is 0 Å². The molecule has 0 aliphatic heterocycles. The molecule has 4 nitrogen and oxygen atoms in total. The minimum atomic E-state index is -0.267. The van der Waals surface area contributed by atoms with E-state index in [4.69, 9.17) is 10.3 Å². The lowest BCUT2D eigenvalue weighted by Crippen LogP contribution is -1.95. The van der Waals surface area contributed by atoms with E-state index in [2.05, 4.69) is 10.1 Å². The van der Waals surface area contributed by atoms with Crippen molar-refractivity contribution in [2.45, 2.75) is 6.54 Å². The monoisotopic (exact) mass is 243 g/mol. The van der Waals surface area contributed by atoms with Gasteiger partial charge >= 0.3 is 0 Å². The number of fused-ring (bicyclic) bond motifs is 1. The van der Waals surface area contributed by atoms with Crippen molar-refractivity contribution < 1.29 is 8.91 Å². The molecule has 0 unspecified atom stereocenters. The standard InChI is InChI=1S/C13H10FN3O/c14-11-6-5-10(8-3-1-2-4-9(8)11)13-16-12(7-15)18-17-13/h1-6H,7,15H2. The van der Waals surface area contributed by atoms with E-state index in [0.717, 1.165) is 10.9 Å². The minimum absolute atomic E-state index is 0.187. The molecule has 0 amide bonds. The number of aromatic nitrogens is 2. The Kier molecular flexibility index (Phi) is 2.53. The second kappa shape index (κ2) is 4.19. The number of halogens is 1. The third-order valence-corrected chi connectivity index (χ3v) is 2.75. The summed E-state index contributed by atoms with van der Waals surface area (Å²) in [5.41, 5.74) is 6.15. The van der Waals surface area contributed by atoms with Gasteiger partial charge in [0.05, 0.1) is 6.54 Å². The second-order valence-corrected chi connectivity index (χ2v) is 3.86. The molecule has 5 heteroatoms. The predicted molar refractivity (Wildman–Crippen MR) is 65.1 cm³/mol. The summed E-state index contributed by atoms with van der Waals surface area (Å²) in [5.74, 6) is 0.516. The molecule has 0 aliphatic rings. The van der Waals surface area contributed by atoms with Crippen LogP contribution >= 0.6 is 0 Å². The molecule has 3 rings (SSSR count). The molecule has 0 spiro atoms. The topological polar surface area (TPSA) is 64.9 Å². The largest absolute Gasteiger partial charge is 0.338 e. The maximum atomic E-state index is 13.7. The summed E-state index contributed by atoms with van der Waals surface area (Å²) in [6.45, 7) is 0.187. The van der Waals surface area contributed by atoms with Gasteiger partial charge in [-0.25, -0.2) is 4.39 Å². The van der Waals surface area contributed by atoms with Crippen molar-refractivity contribution in [2.24, 2.45) is 5.73 Å². The Balaban J connectivity index is 2.26. The lowest BCUT2D eigenvalue weighted by Gasteiger charge is -2.03. The maximum absolute atomic E-state index is 13.7. The molecule has 0 aliphatic carbocycles. The lowest BCUT2D eigenvalue weighted by molar-refractivity contribution is 0.380. The smallest absolute Gasteiger partial charge is 0.240 e. The highest BCUT2D eigenvalue weighted by Crippen LogP contribution is 2.28. The normalized spacial score (nSPS) is 11.0. The number of rotatable bonds is 2. The summed E-state index contributed by atoms with van der Waals surface area (Å²) in [5, 5.41) is 5.14. The van der Waals surface area contributed by atoms with Crippen LogP contribution in [0.15, 0.2) is 40.9 Å². The van der Waals surface area contributed by atoms with Gasteiger partial charge in [-0.15, -0.1) is 0 Å². The lowest BCUT2D eigenvalue weighted by atomic mass is 10.0. The molecule has 2 N–H and O–H groups in total. The van der Waals surface area contributed by atoms with Gasteiger partial charge in [0, 0.05) is 10.9 Å². The molecule has 0 radical (unpaired) electrons. The van der Waals surface area contributed by atoms with Gasteiger partial charge < -0.3 is 10.3 Å². The molecule has 1 aromatic heterocycles. The third-order valence-electron chi connectivity index (χ3n) is 2.75. The molecule has 0 fully saturated rings.